The van der Waals surface area contributed by atoms with Gasteiger partial charge in [0.1, 0.15) is 5.75 Å². The summed E-state index contributed by atoms with van der Waals surface area (Å²) in [6, 6.07) is 9.61. The fourth-order valence-corrected chi connectivity index (χ4v) is 2.46. The topological polar surface area (TPSA) is 55.6 Å². The van der Waals surface area contributed by atoms with Crippen molar-refractivity contribution in [3.8, 4) is 5.75 Å². The van der Waals surface area contributed by atoms with Crippen molar-refractivity contribution in [3.63, 3.8) is 0 Å². The molecule has 1 unspecified atom stereocenters. The van der Waals surface area contributed by atoms with E-state index in [1.54, 1.807) is 0 Å². The predicted molar refractivity (Wildman–Crippen MR) is 74.9 cm³/mol. The van der Waals surface area contributed by atoms with Crippen molar-refractivity contribution >= 4 is 5.91 Å². The summed E-state index contributed by atoms with van der Waals surface area (Å²) in [7, 11) is 0. The van der Waals surface area contributed by atoms with Crippen molar-refractivity contribution < 1.29 is 9.53 Å². The van der Waals surface area contributed by atoms with Crippen LogP contribution in [0.1, 0.15) is 26.7 Å². The molecule has 0 saturated carbocycles. The first-order valence-corrected chi connectivity index (χ1v) is 6.75. The van der Waals surface area contributed by atoms with Gasteiger partial charge >= 0.3 is 0 Å². The number of hydrogen-bond donors (Lipinski definition) is 1. The number of nitrogens with two attached hydrogens (primary N) is 1. The van der Waals surface area contributed by atoms with Crippen LogP contribution in [0.2, 0.25) is 0 Å². The number of nitrogens with zero attached hydrogens (tertiary/aromatic N) is 1. The summed E-state index contributed by atoms with van der Waals surface area (Å²) < 4.78 is 5.55. The predicted octanol–water partition coefficient (Wildman–Crippen LogP) is 1.79. The molecule has 2 N–H and O–H groups in total. The van der Waals surface area contributed by atoms with Crippen LogP contribution in [0.5, 0.6) is 5.75 Å². The minimum atomic E-state index is -0.246. The summed E-state index contributed by atoms with van der Waals surface area (Å²) in [6.45, 7) is 5.21. The SMILES string of the molecule is CC1(C)C(N)CCN1C(=O)CCOc1ccccc1. The largest absolute Gasteiger partial charge is 0.493 e. The summed E-state index contributed by atoms with van der Waals surface area (Å²) in [6.07, 6.45) is 1.27. The zero-order valence-electron chi connectivity index (χ0n) is 11.6. The normalized spacial score (nSPS) is 21.4. The van der Waals surface area contributed by atoms with Crippen LogP contribution in [0.4, 0.5) is 0 Å². The Hall–Kier alpha value is -1.55. The molecule has 1 heterocycles. The highest BCUT2D eigenvalue weighted by atomic mass is 16.5. The number of likely N-dealkylation sites (tertiary alicyclic amines) is 1. The van der Waals surface area contributed by atoms with Gasteiger partial charge in [0.2, 0.25) is 5.91 Å². The summed E-state index contributed by atoms with van der Waals surface area (Å²) in [4.78, 5) is 14.1. The second-order valence-electron chi connectivity index (χ2n) is 5.51. The molecule has 1 aliphatic heterocycles. The van der Waals surface area contributed by atoms with Crippen LogP contribution >= 0.6 is 0 Å². The molecule has 0 spiro atoms. The monoisotopic (exact) mass is 262 g/mol. The lowest BCUT2D eigenvalue weighted by molar-refractivity contribution is -0.135. The molecule has 0 bridgehead atoms. The number of rotatable bonds is 4. The van der Waals surface area contributed by atoms with Gasteiger partial charge in [-0.05, 0) is 32.4 Å². The van der Waals surface area contributed by atoms with Crippen molar-refractivity contribution in [3.05, 3.63) is 30.3 Å². The minimum absolute atomic E-state index is 0.0616. The number of carbonyl (C=O) groups is 1. The molecule has 1 aromatic carbocycles. The molecule has 1 fully saturated rings. The zero-order valence-corrected chi connectivity index (χ0v) is 11.6. The summed E-state index contributed by atoms with van der Waals surface area (Å²) in [5.41, 5.74) is 5.79. The van der Waals surface area contributed by atoms with Crippen molar-refractivity contribution in [1.82, 2.24) is 4.90 Å². The number of ether oxygens (including phenoxy) is 1. The maximum absolute atomic E-state index is 12.2. The Morgan fingerprint density at radius 1 is 1.42 bits per heavy atom. The second kappa shape index (κ2) is 5.61. The first-order valence-electron chi connectivity index (χ1n) is 6.75. The van der Waals surface area contributed by atoms with Gasteiger partial charge in [-0.15, -0.1) is 0 Å². The van der Waals surface area contributed by atoms with Gasteiger partial charge in [-0.2, -0.15) is 0 Å². The molecule has 4 nitrogen and oxygen atoms in total. The van der Waals surface area contributed by atoms with Crippen LogP contribution in [-0.4, -0.2) is 35.5 Å². The van der Waals surface area contributed by atoms with E-state index in [-0.39, 0.29) is 17.5 Å². The standard InChI is InChI=1S/C15H22N2O2/c1-15(2)13(16)8-10-17(15)14(18)9-11-19-12-6-4-3-5-7-12/h3-7,13H,8-11,16H2,1-2H3. The van der Waals surface area contributed by atoms with Gasteiger partial charge in [-0.25, -0.2) is 0 Å². The molecule has 19 heavy (non-hydrogen) atoms. The van der Waals surface area contributed by atoms with E-state index in [9.17, 15) is 4.79 Å². The van der Waals surface area contributed by atoms with Crippen LogP contribution in [0.25, 0.3) is 0 Å². The Morgan fingerprint density at radius 2 is 2.11 bits per heavy atom. The second-order valence-corrected chi connectivity index (χ2v) is 5.51. The fraction of sp³-hybridized carbons (Fsp3) is 0.533. The number of benzene rings is 1. The lowest BCUT2D eigenvalue weighted by Gasteiger charge is -2.34. The molecule has 1 saturated heterocycles. The molecule has 0 aromatic heterocycles. The highest BCUT2D eigenvalue weighted by Crippen LogP contribution is 2.27. The van der Waals surface area contributed by atoms with Gasteiger partial charge in [0.25, 0.3) is 0 Å². The van der Waals surface area contributed by atoms with Crippen LogP contribution in [-0.2, 0) is 4.79 Å². The number of amides is 1. The molecular formula is C15H22N2O2. The van der Waals surface area contributed by atoms with E-state index in [1.165, 1.54) is 0 Å². The van der Waals surface area contributed by atoms with E-state index < -0.39 is 0 Å². The Morgan fingerprint density at radius 3 is 2.68 bits per heavy atom. The van der Waals surface area contributed by atoms with Crippen molar-refractivity contribution in [2.45, 2.75) is 38.3 Å². The highest BCUT2D eigenvalue weighted by Gasteiger charge is 2.41. The van der Waals surface area contributed by atoms with E-state index >= 15 is 0 Å². The quantitative estimate of drug-likeness (QED) is 0.900. The van der Waals surface area contributed by atoms with Crippen molar-refractivity contribution in [1.29, 1.82) is 0 Å². The van der Waals surface area contributed by atoms with Gasteiger partial charge in [-0.3, -0.25) is 4.79 Å². The Bertz CT molecular complexity index is 431. The van der Waals surface area contributed by atoms with E-state index in [0.29, 0.717) is 13.0 Å². The van der Waals surface area contributed by atoms with E-state index in [4.69, 9.17) is 10.5 Å². The molecule has 2 rings (SSSR count). The molecule has 1 atom stereocenters. The minimum Gasteiger partial charge on any atom is -0.493 e. The molecule has 0 aliphatic carbocycles. The average Bonchev–Trinajstić information content (AvgIpc) is 2.65. The lowest BCUT2D eigenvalue weighted by Crippen LogP contribution is -2.51. The van der Waals surface area contributed by atoms with Gasteiger partial charge in [-0.1, -0.05) is 18.2 Å². The molecule has 104 valence electrons. The van der Waals surface area contributed by atoms with Crippen LogP contribution in [0.15, 0.2) is 30.3 Å². The lowest BCUT2D eigenvalue weighted by atomic mass is 9.96. The molecule has 4 heteroatoms. The Balaban J connectivity index is 1.82. The van der Waals surface area contributed by atoms with Gasteiger partial charge in [0.05, 0.1) is 18.6 Å². The smallest absolute Gasteiger partial charge is 0.226 e. The van der Waals surface area contributed by atoms with Gasteiger partial charge < -0.3 is 15.4 Å². The van der Waals surface area contributed by atoms with Crippen LogP contribution in [0, 0.1) is 0 Å². The maximum atomic E-state index is 12.2. The summed E-state index contributed by atoms with van der Waals surface area (Å²) in [5.74, 6) is 0.918. The third kappa shape index (κ3) is 3.07. The molecular weight excluding hydrogens is 240 g/mol. The third-order valence-corrected chi connectivity index (χ3v) is 3.90. The van der Waals surface area contributed by atoms with E-state index in [1.807, 2.05) is 49.1 Å². The number of para-hydroxylation sites is 1. The van der Waals surface area contributed by atoms with Crippen LogP contribution < -0.4 is 10.5 Å². The zero-order chi connectivity index (χ0) is 13.9. The Labute approximate surface area is 114 Å². The average molecular weight is 262 g/mol. The van der Waals surface area contributed by atoms with E-state index in [2.05, 4.69) is 0 Å². The van der Waals surface area contributed by atoms with E-state index in [0.717, 1.165) is 18.7 Å². The van der Waals surface area contributed by atoms with Gasteiger partial charge in [0.15, 0.2) is 0 Å². The highest BCUT2D eigenvalue weighted by molar-refractivity contribution is 5.77. The molecule has 1 amide bonds. The fourth-order valence-electron chi connectivity index (χ4n) is 2.46. The molecule has 1 aromatic rings. The van der Waals surface area contributed by atoms with Gasteiger partial charge in [0, 0.05) is 12.6 Å². The third-order valence-electron chi connectivity index (χ3n) is 3.90. The van der Waals surface area contributed by atoms with Crippen molar-refractivity contribution in [2.24, 2.45) is 5.73 Å². The summed E-state index contributed by atoms with van der Waals surface area (Å²) in [5, 5.41) is 0. The van der Waals surface area contributed by atoms with Crippen LogP contribution in [0.3, 0.4) is 0 Å². The Kier molecular flexibility index (Phi) is 4.10. The first kappa shape index (κ1) is 13.9. The number of hydrogen-bond acceptors (Lipinski definition) is 3. The number of carbonyl (C=O) groups excluding carboxylic acids is 1. The first-order chi connectivity index (χ1) is 9.01. The maximum Gasteiger partial charge on any atom is 0.226 e. The summed E-state index contributed by atoms with van der Waals surface area (Å²) >= 11 is 0. The molecule has 1 aliphatic rings. The molecule has 0 radical (unpaired) electrons. The van der Waals surface area contributed by atoms with Crippen molar-refractivity contribution in [2.75, 3.05) is 13.2 Å².